The zero-order valence-electron chi connectivity index (χ0n) is 13.7. The second-order valence-electron chi connectivity index (χ2n) is 5.98. The highest BCUT2D eigenvalue weighted by molar-refractivity contribution is 5.72. The van der Waals surface area contributed by atoms with Crippen LogP contribution in [0.2, 0.25) is 0 Å². The van der Waals surface area contributed by atoms with E-state index in [0.29, 0.717) is 12.3 Å². The molecule has 0 N–H and O–H groups in total. The van der Waals surface area contributed by atoms with Crippen LogP contribution in [0.1, 0.15) is 5.56 Å². The summed E-state index contributed by atoms with van der Waals surface area (Å²) in [6, 6.07) is 15.9. The number of anilines is 1. The van der Waals surface area contributed by atoms with Crippen molar-refractivity contribution in [3.05, 3.63) is 64.6 Å². The minimum absolute atomic E-state index is 0.319. The molecule has 0 fully saturated rings. The lowest BCUT2D eigenvalue weighted by molar-refractivity contribution is 0.253. The first-order valence-corrected chi connectivity index (χ1v) is 7.58. The normalized spacial score (nSPS) is 11.3. The molecule has 0 spiro atoms. The first kappa shape index (κ1) is 15.4. The Bertz CT molecular complexity index is 847. The van der Waals surface area contributed by atoms with E-state index in [2.05, 4.69) is 34.1 Å². The first-order valence-electron chi connectivity index (χ1n) is 7.58. The van der Waals surface area contributed by atoms with E-state index in [1.807, 2.05) is 45.4 Å². The van der Waals surface area contributed by atoms with Crippen molar-refractivity contribution in [3.8, 4) is 0 Å². The van der Waals surface area contributed by atoms with Crippen molar-refractivity contribution in [2.45, 2.75) is 13.2 Å². The van der Waals surface area contributed by atoms with E-state index in [0.717, 1.165) is 12.1 Å². The summed E-state index contributed by atoms with van der Waals surface area (Å²) in [5.41, 5.74) is 3.83. The molecule has 0 atom stereocenters. The molecule has 0 saturated heterocycles. The van der Waals surface area contributed by atoms with Gasteiger partial charge >= 0.3 is 5.76 Å². The third-order valence-corrected chi connectivity index (χ3v) is 3.86. The molecular weight excluding hydrogens is 290 g/mol. The van der Waals surface area contributed by atoms with E-state index < -0.39 is 0 Å². The molecule has 0 aliphatic heterocycles. The Morgan fingerprint density at radius 2 is 1.70 bits per heavy atom. The maximum absolute atomic E-state index is 12.0. The van der Waals surface area contributed by atoms with Crippen molar-refractivity contribution in [3.63, 3.8) is 0 Å². The summed E-state index contributed by atoms with van der Waals surface area (Å²) in [4.78, 5) is 16.2. The van der Waals surface area contributed by atoms with Gasteiger partial charge in [-0.25, -0.2) is 4.79 Å². The standard InChI is InChI=1S/C18H21N3O2/c1-19(2)15-10-8-14(9-11-15)12-20(3)13-21-16-6-4-5-7-17(16)23-18(21)22/h4-11H,12-13H2,1-3H3. The summed E-state index contributed by atoms with van der Waals surface area (Å²) in [6.45, 7) is 1.25. The number of para-hydroxylation sites is 2. The van der Waals surface area contributed by atoms with Gasteiger partial charge in [0.25, 0.3) is 0 Å². The number of oxazole rings is 1. The molecule has 3 aromatic rings. The van der Waals surface area contributed by atoms with E-state index in [-0.39, 0.29) is 5.76 Å². The third kappa shape index (κ3) is 3.29. The van der Waals surface area contributed by atoms with Crippen LogP contribution in [0.5, 0.6) is 0 Å². The first-order chi connectivity index (χ1) is 11.0. The second kappa shape index (κ2) is 6.30. The number of hydrogen-bond donors (Lipinski definition) is 0. The average molecular weight is 311 g/mol. The number of benzene rings is 2. The number of fused-ring (bicyclic) bond motifs is 1. The van der Waals surface area contributed by atoms with Gasteiger partial charge in [-0.1, -0.05) is 24.3 Å². The van der Waals surface area contributed by atoms with Crippen molar-refractivity contribution in [1.82, 2.24) is 9.47 Å². The fourth-order valence-electron chi connectivity index (χ4n) is 2.65. The predicted molar refractivity (Wildman–Crippen MR) is 92.7 cm³/mol. The van der Waals surface area contributed by atoms with Gasteiger partial charge in [0.1, 0.15) is 0 Å². The number of nitrogens with zero attached hydrogens (tertiary/aromatic N) is 3. The van der Waals surface area contributed by atoms with Crippen LogP contribution in [0.25, 0.3) is 11.1 Å². The van der Waals surface area contributed by atoms with Gasteiger partial charge in [-0.2, -0.15) is 0 Å². The van der Waals surface area contributed by atoms with Crippen molar-refractivity contribution in [2.75, 3.05) is 26.0 Å². The van der Waals surface area contributed by atoms with Crippen molar-refractivity contribution < 1.29 is 4.42 Å². The van der Waals surface area contributed by atoms with Gasteiger partial charge < -0.3 is 9.32 Å². The Balaban J connectivity index is 1.74. The number of aromatic nitrogens is 1. The largest absolute Gasteiger partial charge is 0.421 e. The molecule has 0 amide bonds. The Labute approximate surface area is 135 Å². The Morgan fingerprint density at radius 1 is 1.00 bits per heavy atom. The average Bonchev–Trinajstić information content (AvgIpc) is 2.84. The van der Waals surface area contributed by atoms with Crippen LogP contribution in [0.3, 0.4) is 0 Å². The summed E-state index contributed by atoms with van der Waals surface area (Å²) >= 11 is 0. The maximum atomic E-state index is 12.0. The van der Waals surface area contributed by atoms with Crippen molar-refractivity contribution >= 4 is 16.8 Å². The molecule has 0 unspecified atom stereocenters. The van der Waals surface area contributed by atoms with E-state index >= 15 is 0 Å². The van der Waals surface area contributed by atoms with Gasteiger partial charge in [-0.3, -0.25) is 9.47 Å². The topological polar surface area (TPSA) is 41.6 Å². The van der Waals surface area contributed by atoms with Gasteiger partial charge in [0.2, 0.25) is 0 Å². The van der Waals surface area contributed by atoms with Gasteiger partial charge in [0.05, 0.1) is 12.2 Å². The van der Waals surface area contributed by atoms with E-state index in [1.165, 1.54) is 11.3 Å². The fourth-order valence-corrected chi connectivity index (χ4v) is 2.65. The molecule has 0 radical (unpaired) electrons. The second-order valence-corrected chi connectivity index (χ2v) is 5.98. The molecule has 0 aliphatic carbocycles. The summed E-state index contributed by atoms with van der Waals surface area (Å²) in [6.07, 6.45) is 0. The minimum atomic E-state index is -0.319. The highest BCUT2D eigenvalue weighted by Crippen LogP contribution is 2.15. The number of rotatable bonds is 5. The van der Waals surface area contributed by atoms with Crippen LogP contribution in [0.4, 0.5) is 5.69 Å². The number of hydrogen-bond acceptors (Lipinski definition) is 4. The molecule has 3 rings (SSSR count). The molecule has 2 aromatic carbocycles. The summed E-state index contributed by atoms with van der Waals surface area (Å²) in [5, 5.41) is 0. The molecule has 1 heterocycles. The van der Waals surface area contributed by atoms with E-state index in [9.17, 15) is 4.79 Å². The van der Waals surface area contributed by atoms with Gasteiger partial charge in [-0.15, -0.1) is 0 Å². The summed E-state index contributed by atoms with van der Waals surface area (Å²) < 4.78 is 6.92. The Morgan fingerprint density at radius 3 is 2.39 bits per heavy atom. The van der Waals surface area contributed by atoms with Crippen molar-refractivity contribution in [1.29, 1.82) is 0 Å². The Hall–Kier alpha value is -2.53. The zero-order chi connectivity index (χ0) is 16.4. The zero-order valence-corrected chi connectivity index (χ0v) is 13.7. The summed E-state index contributed by atoms with van der Waals surface area (Å²) in [5.74, 6) is -0.319. The van der Waals surface area contributed by atoms with Crippen LogP contribution in [0, 0.1) is 0 Å². The van der Waals surface area contributed by atoms with Crippen LogP contribution < -0.4 is 10.7 Å². The lowest BCUT2D eigenvalue weighted by Crippen LogP contribution is -2.27. The molecule has 0 saturated carbocycles. The van der Waals surface area contributed by atoms with E-state index in [4.69, 9.17) is 4.42 Å². The molecule has 5 nitrogen and oxygen atoms in total. The molecule has 0 aliphatic rings. The highest BCUT2D eigenvalue weighted by atomic mass is 16.4. The molecule has 5 heteroatoms. The van der Waals surface area contributed by atoms with Crippen LogP contribution in [-0.4, -0.2) is 30.6 Å². The lowest BCUT2D eigenvalue weighted by atomic mass is 10.2. The molecular formula is C18H21N3O2. The minimum Gasteiger partial charge on any atom is -0.408 e. The van der Waals surface area contributed by atoms with Crippen LogP contribution >= 0.6 is 0 Å². The molecule has 0 bridgehead atoms. The smallest absolute Gasteiger partial charge is 0.408 e. The molecule has 120 valence electrons. The van der Waals surface area contributed by atoms with Crippen LogP contribution in [-0.2, 0) is 13.2 Å². The van der Waals surface area contributed by atoms with Crippen LogP contribution in [0.15, 0.2) is 57.7 Å². The summed E-state index contributed by atoms with van der Waals surface area (Å²) in [7, 11) is 6.04. The highest BCUT2D eigenvalue weighted by Gasteiger charge is 2.10. The third-order valence-electron chi connectivity index (χ3n) is 3.86. The van der Waals surface area contributed by atoms with Gasteiger partial charge in [0.15, 0.2) is 5.58 Å². The van der Waals surface area contributed by atoms with Crippen molar-refractivity contribution in [2.24, 2.45) is 0 Å². The molecule has 23 heavy (non-hydrogen) atoms. The SMILES string of the molecule is CN(Cc1ccc(N(C)C)cc1)Cn1c(=O)oc2ccccc21. The Kier molecular flexibility index (Phi) is 4.21. The predicted octanol–water partition coefficient (Wildman–Crippen LogP) is 2.75. The van der Waals surface area contributed by atoms with E-state index in [1.54, 1.807) is 4.57 Å². The monoisotopic (exact) mass is 311 g/mol. The van der Waals surface area contributed by atoms with Gasteiger partial charge in [0, 0.05) is 26.3 Å². The molecule has 1 aromatic heterocycles. The fraction of sp³-hybridized carbons (Fsp3) is 0.278. The van der Waals surface area contributed by atoms with Gasteiger partial charge in [-0.05, 0) is 36.9 Å². The lowest BCUT2D eigenvalue weighted by Gasteiger charge is -2.18. The maximum Gasteiger partial charge on any atom is 0.421 e. The quantitative estimate of drug-likeness (QED) is 0.726.